The van der Waals surface area contributed by atoms with E-state index in [9.17, 15) is 0 Å². The summed E-state index contributed by atoms with van der Waals surface area (Å²) in [5.74, 6) is 1.12. The summed E-state index contributed by atoms with van der Waals surface area (Å²) < 4.78 is 20.3. The van der Waals surface area contributed by atoms with Gasteiger partial charge in [0.2, 0.25) is 11.8 Å². The van der Waals surface area contributed by atoms with Gasteiger partial charge in [0.05, 0.1) is 31.9 Å². The average molecular weight is 437 g/mol. The molecule has 0 atom stereocenters. The van der Waals surface area contributed by atoms with E-state index in [1.54, 1.807) is 20.4 Å². The Kier molecular flexibility index (Phi) is 5.91. The maximum atomic E-state index is 5.87. The fourth-order valence-electron chi connectivity index (χ4n) is 4.37. The Labute approximate surface area is 186 Å². The second-order valence-electron chi connectivity index (χ2n) is 8.06. The van der Waals surface area contributed by atoms with Gasteiger partial charge in [-0.1, -0.05) is 0 Å². The van der Waals surface area contributed by atoms with Crippen LogP contribution in [0.5, 0.6) is 5.88 Å². The number of nitrogens with one attached hydrogen (secondary N) is 1. The maximum absolute atomic E-state index is 5.87. The van der Waals surface area contributed by atoms with Crippen molar-refractivity contribution in [2.75, 3.05) is 32.8 Å². The summed E-state index contributed by atoms with van der Waals surface area (Å²) in [5.41, 5.74) is 3.96. The van der Waals surface area contributed by atoms with E-state index in [2.05, 4.69) is 21.5 Å². The molecule has 168 valence electrons. The highest BCUT2D eigenvalue weighted by Crippen LogP contribution is 2.32. The van der Waals surface area contributed by atoms with E-state index < -0.39 is 0 Å². The first kappa shape index (κ1) is 20.7. The number of anilines is 1. The van der Waals surface area contributed by atoms with Gasteiger partial charge in [0.25, 0.3) is 0 Å². The van der Waals surface area contributed by atoms with Gasteiger partial charge >= 0.3 is 0 Å². The minimum Gasteiger partial charge on any atom is -0.479 e. The van der Waals surface area contributed by atoms with Crippen molar-refractivity contribution in [2.24, 2.45) is 0 Å². The molecule has 1 N–H and O–H groups in total. The Morgan fingerprint density at radius 3 is 2.69 bits per heavy atom. The molecule has 0 aromatic carbocycles. The highest BCUT2D eigenvalue weighted by molar-refractivity contribution is 5.85. The summed E-state index contributed by atoms with van der Waals surface area (Å²) in [7, 11) is 3.34. The molecule has 4 aromatic heterocycles. The smallest absolute Gasteiger partial charge is 0.244 e. The molecule has 4 heterocycles. The molecule has 9 heteroatoms. The maximum Gasteiger partial charge on any atom is 0.244 e. The van der Waals surface area contributed by atoms with E-state index in [0.717, 1.165) is 47.8 Å². The predicted molar refractivity (Wildman–Crippen MR) is 121 cm³/mol. The lowest BCUT2D eigenvalue weighted by Gasteiger charge is -2.29. The summed E-state index contributed by atoms with van der Waals surface area (Å²) in [5, 5.41) is 12.5. The van der Waals surface area contributed by atoms with Crippen molar-refractivity contribution in [1.82, 2.24) is 24.2 Å². The van der Waals surface area contributed by atoms with Crippen molar-refractivity contribution in [3.8, 4) is 17.0 Å². The average Bonchev–Trinajstić information content (AvgIpc) is 3.46. The Morgan fingerprint density at radius 1 is 1.03 bits per heavy atom. The van der Waals surface area contributed by atoms with Gasteiger partial charge in [-0.25, -0.2) is 9.03 Å². The molecule has 1 fully saturated rings. The number of pyridine rings is 1. The second-order valence-corrected chi connectivity index (χ2v) is 8.06. The van der Waals surface area contributed by atoms with Crippen molar-refractivity contribution >= 4 is 17.0 Å². The molecule has 0 radical (unpaired) electrons. The molecule has 0 bridgehead atoms. The molecular weight excluding hydrogens is 408 g/mol. The number of methoxy groups -OCH3 is 2. The molecule has 0 unspecified atom stereocenters. The van der Waals surface area contributed by atoms with Gasteiger partial charge in [0.1, 0.15) is 5.52 Å². The van der Waals surface area contributed by atoms with Gasteiger partial charge in [-0.15, -0.1) is 5.10 Å². The SMILES string of the molecule is COCCOC1CCC(Nc2nc(OC)c3c(-c4ccn5nccc5c4)ccn3n2)CC1. The van der Waals surface area contributed by atoms with Crippen LogP contribution in [0.4, 0.5) is 5.95 Å². The Morgan fingerprint density at radius 2 is 1.88 bits per heavy atom. The lowest BCUT2D eigenvalue weighted by molar-refractivity contribution is -0.00158. The number of hydrogen-bond donors (Lipinski definition) is 1. The third-order valence-corrected chi connectivity index (χ3v) is 6.03. The third kappa shape index (κ3) is 4.13. The van der Waals surface area contributed by atoms with Crippen LogP contribution in [0.3, 0.4) is 0 Å². The highest BCUT2D eigenvalue weighted by atomic mass is 16.5. The van der Waals surface area contributed by atoms with Crippen molar-refractivity contribution in [3.05, 3.63) is 42.9 Å². The van der Waals surface area contributed by atoms with E-state index in [1.807, 2.05) is 39.6 Å². The van der Waals surface area contributed by atoms with Crippen LogP contribution in [0.2, 0.25) is 0 Å². The minimum absolute atomic E-state index is 0.307. The van der Waals surface area contributed by atoms with Crippen molar-refractivity contribution in [2.45, 2.75) is 37.8 Å². The van der Waals surface area contributed by atoms with Gasteiger partial charge in [0, 0.05) is 37.3 Å². The summed E-state index contributed by atoms with van der Waals surface area (Å²) in [6.45, 7) is 1.29. The number of hydrogen-bond acceptors (Lipinski definition) is 7. The summed E-state index contributed by atoms with van der Waals surface area (Å²) in [6, 6.07) is 8.48. The Hall–Kier alpha value is -3.17. The largest absolute Gasteiger partial charge is 0.479 e. The molecular formula is C23H28N6O3. The standard InChI is InChI=1S/C23H28N6O3/c1-30-13-14-32-19-5-3-17(4-6-19)25-23-26-22(31-2)21-20(9-12-29(21)27-23)16-8-11-28-18(15-16)7-10-24-28/h7-12,15,17,19H,3-6,13-14H2,1-2H3,(H,25,27). The van der Waals surface area contributed by atoms with Crippen LogP contribution in [0.15, 0.2) is 42.9 Å². The van der Waals surface area contributed by atoms with Crippen LogP contribution in [-0.2, 0) is 9.47 Å². The molecule has 1 aliphatic rings. The van der Waals surface area contributed by atoms with Crippen LogP contribution >= 0.6 is 0 Å². The first-order chi connectivity index (χ1) is 15.7. The van der Waals surface area contributed by atoms with Gasteiger partial charge in [-0.3, -0.25) is 0 Å². The van der Waals surface area contributed by atoms with E-state index in [0.29, 0.717) is 37.2 Å². The topological polar surface area (TPSA) is 87.2 Å². The number of rotatable bonds is 8. The molecule has 1 aliphatic carbocycles. The van der Waals surface area contributed by atoms with Crippen LogP contribution in [0, 0.1) is 0 Å². The van der Waals surface area contributed by atoms with Crippen molar-refractivity contribution < 1.29 is 14.2 Å². The minimum atomic E-state index is 0.307. The Balaban J connectivity index is 1.34. The predicted octanol–water partition coefficient (Wildman–Crippen LogP) is 3.44. The summed E-state index contributed by atoms with van der Waals surface area (Å²) >= 11 is 0. The van der Waals surface area contributed by atoms with Gasteiger partial charge in [0.15, 0.2) is 0 Å². The fraction of sp³-hybridized carbons (Fsp3) is 0.435. The van der Waals surface area contributed by atoms with Crippen molar-refractivity contribution in [3.63, 3.8) is 0 Å². The number of fused-ring (bicyclic) bond motifs is 2. The first-order valence-corrected chi connectivity index (χ1v) is 11.0. The molecule has 4 aromatic rings. The third-order valence-electron chi connectivity index (χ3n) is 6.03. The zero-order chi connectivity index (χ0) is 21.9. The number of nitrogens with zero attached hydrogens (tertiary/aromatic N) is 5. The molecule has 5 rings (SSSR count). The normalized spacial score (nSPS) is 18.9. The van der Waals surface area contributed by atoms with Crippen LogP contribution < -0.4 is 10.1 Å². The zero-order valence-corrected chi connectivity index (χ0v) is 18.4. The van der Waals surface area contributed by atoms with Gasteiger partial charge in [-0.05, 0) is 55.5 Å². The molecule has 9 nitrogen and oxygen atoms in total. The zero-order valence-electron chi connectivity index (χ0n) is 18.4. The van der Waals surface area contributed by atoms with Gasteiger partial charge in [-0.2, -0.15) is 10.1 Å². The summed E-state index contributed by atoms with van der Waals surface area (Å²) in [6.07, 6.45) is 10.1. The van der Waals surface area contributed by atoms with Crippen LogP contribution in [-0.4, -0.2) is 63.8 Å². The Bertz CT molecular complexity index is 1200. The summed E-state index contributed by atoms with van der Waals surface area (Å²) in [4.78, 5) is 4.67. The van der Waals surface area contributed by atoms with E-state index >= 15 is 0 Å². The fourth-order valence-corrected chi connectivity index (χ4v) is 4.37. The molecule has 0 saturated heterocycles. The highest BCUT2D eigenvalue weighted by Gasteiger charge is 2.23. The molecule has 0 spiro atoms. The quantitative estimate of drug-likeness (QED) is 0.423. The lowest BCUT2D eigenvalue weighted by Crippen LogP contribution is -2.31. The first-order valence-electron chi connectivity index (χ1n) is 11.0. The molecule has 32 heavy (non-hydrogen) atoms. The van der Waals surface area contributed by atoms with E-state index in [1.165, 1.54) is 0 Å². The van der Waals surface area contributed by atoms with Crippen LogP contribution in [0.1, 0.15) is 25.7 Å². The molecule has 0 amide bonds. The molecule has 0 aliphatic heterocycles. The van der Waals surface area contributed by atoms with Gasteiger partial charge < -0.3 is 19.5 Å². The number of ether oxygens (including phenoxy) is 3. The van der Waals surface area contributed by atoms with E-state index in [-0.39, 0.29) is 0 Å². The molecule has 1 saturated carbocycles. The lowest BCUT2D eigenvalue weighted by atomic mass is 9.93. The second kappa shape index (κ2) is 9.13. The number of aromatic nitrogens is 5. The monoisotopic (exact) mass is 436 g/mol. The van der Waals surface area contributed by atoms with E-state index in [4.69, 9.17) is 19.3 Å². The van der Waals surface area contributed by atoms with Crippen molar-refractivity contribution in [1.29, 1.82) is 0 Å². The van der Waals surface area contributed by atoms with Crippen LogP contribution in [0.25, 0.3) is 22.2 Å².